The summed E-state index contributed by atoms with van der Waals surface area (Å²) in [5, 5.41) is 3.36. The van der Waals surface area contributed by atoms with Crippen LogP contribution in [0.3, 0.4) is 0 Å². The van der Waals surface area contributed by atoms with Crippen molar-refractivity contribution in [3.05, 3.63) is 0 Å². The maximum Gasteiger partial charge on any atom is 0.00180 e. The minimum Gasteiger partial charge on any atom is -0.316 e. The van der Waals surface area contributed by atoms with Crippen molar-refractivity contribution in [2.75, 3.05) is 33.2 Å². The molecule has 0 spiro atoms. The van der Waals surface area contributed by atoms with E-state index in [2.05, 4.69) is 24.2 Å². The van der Waals surface area contributed by atoms with Gasteiger partial charge < -0.3 is 10.2 Å². The lowest BCUT2D eigenvalue weighted by atomic mass is 9.81. The molecule has 1 saturated heterocycles. The second kappa shape index (κ2) is 3.58. The van der Waals surface area contributed by atoms with Crippen LogP contribution in [0.1, 0.15) is 26.2 Å². The summed E-state index contributed by atoms with van der Waals surface area (Å²) in [5.74, 6) is 1.04. The summed E-state index contributed by atoms with van der Waals surface area (Å²) in [4.78, 5) is 2.52. The summed E-state index contributed by atoms with van der Waals surface area (Å²) >= 11 is 0. The molecule has 1 aliphatic carbocycles. The monoisotopic (exact) mass is 182 g/mol. The highest BCUT2D eigenvalue weighted by molar-refractivity contribution is 4.88. The highest BCUT2D eigenvalue weighted by Gasteiger charge is 2.31. The molecular weight excluding hydrogens is 160 g/mol. The Morgan fingerprint density at radius 1 is 1.38 bits per heavy atom. The zero-order valence-corrected chi connectivity index (χ0v) is 8.97. The summed E-state index contributed by atoms with van der Waals surface area (Å²) in [5.41, 5.74) is 0.609. The van der Waals surface area contributed by atoms with Gasteiger partial charge in [0, 0.05) is 19.6 Å². The van der Waals surface area contributed by atoms with Crippen molar-refractivity contribution in [2.24, 2.45) is 11.3 Å². The molecule has 0 aromatic heterocycles. The quantitative estimate of drug-likeness (QED) is 0.690. The molecule has 2 fully saturated rings. The van der Waals surface area contributed by atoms with E-state index in [1.54, 1.807) is 0 Å². The number of nitrogens with one attached hydrogen (secondary N) is 1. The predicted octanol–water partition coefficient (Wildman–Crippen LogP) is 1.33. The van der Waals surface area contributed by atoms with Gasteiger partial charge >= 0.3 is 0 Å². The highest BCUT2D eigenvalue weighted by atomic mass is 15.1. The van der Waals surface area contributed by atoms with Gasteiger partial charge in [0.1, 0.15) is 0 Å². The number of rotatable bonds is 5. The zero-order chi connectivity index (χ0) is 9.31. The molecule has 1 aliphatic heterocycles. The van der Waals surface area contributed by atoms with Crippen LogP contribution in [0.2, 0.25) is 0 Å². The maximum absolute atomic E-state index is 3.36. The van der Waals surface area contributed by atoms with Gasteiger partial charge in [0.05, 0.1) is 0 Å². The molecule has 0 amide bonds. The van der Waals surface area contributed by atoms with Crippen LogP contribution < -0.4 is 5.32 Å². The zero-order valence-electron chi connectivity index (χ0n) is 8.97. The lowest BCUT2D eigenvalue weighted by Gasteiger charge is -2.40. The average molecular weight is 182 g/mol. The van der Waals surface area contributed by atoms with Crippen LogP contribution in [0.4, 0.5) is 0 Å². The van der Waals surface area contributed by atoms with Crippen molar-refractivity contribution in [1.29, 1.82) is 0 Å². The molecule has 0 aromatic rings. The van der Waals surface area contributed by atoms with E-state index < -0.39 is 0 Å². The van der Waals surface area contributed by atoms with Gasteiger partial charge in [-0.3, -0.25) is 0 Å². The van der Waals surface area contributed by atoms with E-state index in [4.69, 9.17) is 0 Å². The molecule has 2 heteroatoms. The van der Waals surface area contributed by atoms with Crippen LogP contribution in [-0.4, -0.2) is 38.1 Å². The summed E-state index contributed by atoms with van der Waals surface area (Å²) in [7, 11) is 2.27. The van der Waals surface area contributed by atoms with Crippen LogP contribution in [-0.2, 0) is 0 Å². The fourth-order valence-electron chi connectivity index (χ4n) is 2.02. The topological polar surface area (TPSA) is 15.3 Å². The van der Waals surface area contributed by atoms with Crippen molar-refractivity contribution < 1.29 is 0 Å². The van der Waals surface area contributed by atoms with Gasteiger partial charge in [-0.2, -0.15) is 0 Å². The SMILES string of the molecule is CN(CCC1(C)CNC1)CC1CC1. The van der Waals surface area contributed by atoms with E-state index >= 15 is 0 Å². The van der Waals surface area contributed by atoms with Gasteiger partial charge in [-0.05, 0) is 44.2 Å². The van der Waals surface area contributed by atoms with Crippen molar-refractivity contribution >= 4 is 0 Å². The third-order valence-electron chi connectivity index (χ3n) is 3.47. The Balaban J connectivity index is 1.60. The second-order valence-corrected chi connectivity index (χ2v) is 5.37. The van der Waals surface area contributed by atoms with Gasteiger partial charge in [-0.1, -0.05) is 6.92 Å². The Morgan fingerprint density at radius 2 is 2.08 bits per heavy atom. The van der Waals surface area contributed by atoms with Crippen LogP contribution >= 0.6 is 0 Å². The molecule has 1 N–H and O–H groups in total. The molecule has 1 saturated carbocycles. The fraction of sp³-hybridized carbons (Fsp3) is 1.00. The Labute approximate surface area is 81.7 Å². The lowest BCUT2D eigenvalue weighted by molar-refractivity contribution is 0.152. The summed E-state index contributed by atoms with van der Waals surface area (Å²) in [6.45, 7) is 7.47. The summed E-state index contributed by atoms with van der Waals surface area (Å²) in [6.07, 6.45) is 4.32. The molecule has 1 heterocycles. The number of nitrogens with zero attached hydrogens (tertiary/aromatic N) is 1. The minimum absolute atomic E-state index is 0.609. The van der Waals surface area contributed by atoms with Gasteiger partial charge in [0.15, 0.2) is 0 Å². The Morgan fingerprint density at radius 3 is 2.54 bits per heavy atom. The van der Waals surface area contributed by atoms with E-state index in [1.807, 2.05) is 0 Å². The van der Waals surface area contributed by atoms with E-state index in [-0.39, 0.29) is 0 Å². The van der Waals surface area contributed by atoms with Crippen molar-refractivity contribution in [3.63, 3.8) is 0 Å². The van der Waals surface area contributed by atoms with Crippen LogP contribution in [0.25, 0.3) is 0 Å². The Hall–Kier alpha value is -0.0800. The van der Waals surface area contributed by atoms with Gasteiger partial charge in [0.2, 0.25) is 0 Å². The molecule has 0 aromatic carbocycles. The summed E-state index contributed by atoms with van der Waals surface area (Å²) < 4.78 is 0. The average Bonchev–Trinajstić information content (AvgIpc) is 2.81. The van der Waals surface area contributed by atoms with E-state index in [0.29, 0.717) is 5.41 Å². The number of hydrogen-bond donors (Lipinski definition) is 1. The largest absolute Gasteiger partial charge is 0.316 e. The molecule has 13 heavy (non-hydrogen) atoms. The molecular formula is C11H22N2. The minimum atomic E-state index is 0.609. The molecule has 2 aliphatic rings. The van der Waals surface area contributed by atoms with Crippen molar-refractivity contribution in [3.8, 4) is 0 Å². The van der Waals surface area contributed by atoms with E-state index in [1.165, 1.54) is 45.4 Å². The summed E-state index contributed by atoms with van der Waals surface area (Å²) in [6, 6.07) is 0. The standard InChI is InChI=1S/C11H22N2/c1-11(8-12-9-11)5-6-13(2)7-10-3-4-10/h10,12H,3-9H2,1-2H3. The Kier molecular flexibility index (Phi) is 2.61. The fourth-order valence-corrected chi connectivity index (χ4v) is 2.02. The maximum atomic E-state index is 3.36. The molecule has 2 rings (SSSR count). The first-order valence-corrected chi connectivity index (χ1v) is 5.57. The van der Waals surface area contributed by atoms with E-state index in [9.17, 15) is 0 Å². The normalized spacial score (nSPS) is 26.1. The van der Waals surface area contributed by atoms with Crippen molar-refractivity contribution in [2.45, 2.75) is 26.2 Å². The first-order chi connectivity index (χ1) is 6.18. The molecule has 0 atom stereocenters. The lowest BCUT2D eigenvalue weighted by Crippen LogP contribution is -2.52. The molecule has 76 valence electrons. The predicted molar refractivity (Wildman–Crippen MR) is 55.8 cm³/mol. The Bertz CT molecular complexity index is 171. The highest BCUT2D eigenvalue weighted by Crippen LogP contribution is 2.30. The van der Waals surface area contributed by atoms with E-state index in [0.717, 1.165) is 5.92 Å². The van der Waals surface area contributed by atoms with Crippen LogP contribution in [0, 0.1) is 11.3 Å². The smallest absolute Gasteiger partial charge is 0.00180 e. The third kappa shape index (κ3) is 2.68. The first kappa shape index (κ1) is 9.47. The second-order valence-electron chi connectivity index (χ2n) is 5.37. The van der Waals surface area contributed by atoms with Crippen molar-refractivity contribution in [1.82, 2.24) is 10.2 Å². The van der Waals surface area contributed by atoms with Crippen LogP contribution in [0.15, 0.2) is 0 Å². The third-order valence-corrected chi connectivity index (χ3v) is 3.47. The number of hydrogen-bond acceptors (Lipinski definition) is 2. The van der Waals surface area contributed by atoms with Gasteiger partial charge in [-0.25, -0.2) is 0 Å². The van der Waals surface area contributed by atoms with Crippen LogP contribution in [0.5, 0.6) is 0 Å². The van der Waals surface area contributed by atoms with Gasteiger partial charge in [0.25, 0.3) is 0 Å². The molecule has 0 radical (unpaired) electrons. The molecule has 0 bridgehead atoms. The molecule has 0 unspecified atom stereocenters. The first-order valence-electron chi connectivity index (χ1n) is 5.57. The van der Waals surface area contributed by atoms with Gasteiger partial charge in [-0.15, -0.1) is 0 Å². The molecule has 2 nitrogen and oxygen atoms in total.